The van der Waals surface area contributed by atoms with Crippen molar-refractivity contribution in [1.82, 2.24) is 19.1 Å². The average molecular weight is 474 g/mol. The number of anilines is 1. The molecular formula is C23H31N5O4S. The smallest absolute Gasteiger partial charge is 0.407 e. The lowest BCUT2D eigenvalue weighted by Crippen LogP contribution is -2.50. The van der Waals surface area contributed by atoms with E-state index in [4.69, 9.17) is 5.11 Å². The summed E-state index contributed by atoms with van der Waals surface area (Å²) in [6.45, 7) is 8.98. The van der Waals surface area contributed by atoms with Crippen molar-refractivity contribution in [2.24, 2.45) is 0 Å². The number of benzene rings is 1. The van der Waals surface area contributed by atoms with Crippen LogP contribution in [-0.4, -0.2) is 97.1 Å². The third-order valence-corrected chi connectivity index (χ3v) is 8.33. The van der Waals surface area contributed by atoms with E-state index in [1.165, 1.54) is 9.21 Å². The van der Waals surface area contributed by atoms with E-state index in [-0.39, 0.29) is 31.1 Å². The SMILES string of the molecule is CC(C)N1CCN(c2ccc(-c3cccc(S(=O)(=O)N4CCN(C(=O)O)CC4)c3)cn2)CC1. The first kappa shape index (κ1) is 23.5. The molecule has 9 nitrogen and oxygen atoms in total. The van der Waals surface area contributed by atoms with Gasteiger partial charge in [0.15, 0.2) is 0 Å². The molecule has 10 heteroatoms. The van der Waals surface area contributed by atoms with Crippen LogP contribution >= 0.6 is 0 Å². The van der Waals surface area contributed by atoms with Crippen LogP contribution in [0.2, 0.25) is 0 Å². The van der Waals surface area contributed by atoms with Crippen molar-refractivity contribution in [1.29, 1.82) is 0 Å². The summed E-state index contributed by atoms with van der Waals surface area (Å²) in [6, 6.07) is 11.4. The van der Waals surface area contributed by atoms with Crippen molar-refractivity contribution in [3.63, 3.8) is 0 Å². The molecule has 33 heavy (non-hydrogen) atoms. The van der Waals surface area contributed by atoms with E-state index >= 15 is 0 Å². The lowest BCUT2D eigenvalue weighted by molar-refractivity contribution is 0.126. The van der Waals surface area contributed by atoms with Gasteiger partial charge in [0.25, 0.3) is 0 Å². The van der Waals surface area contributed by atoms with Gasteiger partial charge in [0.05, 0.1) is 4.90 Å². The summed E-state index contributed by atoms with van der Waals surface area (Å²) in [6.07, 6.45) is 0.772. The first-order chi connectivity index (χ1) is 15.8. The van der Waals surface area contributed by atoms with Gasteiger partial charge in [0.2, 0.25) is 10.0 Å². The molecule has 0 saturated carbocycles. The topological polar surface area (TPSA) is 97.3 Å². The zero-order chi connectivity index (χ0) is 23.6. The molecule has 0 aliphatic carbocycles. The minimum absolute atomic E-state index is 0.152. The van der Waals surface area contributed by atoms with Gasteiger partial charge < -0.3 is 14.9 Å². The predicted octanol–water partition coefficient (Wildman–Crippen LogP) is 2.26. The first-order valence-electron chi connectivity index (χ1n) is 11.3. The lowest BCUT2D eigenvalue weighted by atomic mass is 10.1. The van der Waals surface area contributed by atoms with Gasteiger partial charge >= 0.3 is 6.09 Å². The van der Waals surface area contributed by atoms with E-state index in [1.807, 2.05) is 18.2 Å². The fourth-order valence-electron chi connectivity index (χ4n) is 4.32. The van der Waals surface area contributed by atoms with E-state index in [0.29, 0.717) is 6.04 Å². The highest BCUT2D eigenvalue weighted by molar-refractivity contribution is 7.89. The molecule has 1 amide bonds. The number of piperazine rings is 2. The van der Waals surface area contributed by atoms with Crippen LogP contribution in [0.1, 0.15) is 13.8 Å². The molecular weight excluding hydrogens is 442 g/mol. The van der Waals surface area contributed by atoms with E-state index in [9.17, 15) is 13.2 Å². The standard InChI is InChI=1S/C23H31N5O4S/c1-18(2)25-8-10-26(11-9-25)22-7-6-20(17-24-22)19-4-3-5-21(16-19)33(31,32)28-14-12-27(13-15-28)23(29)30/h3-7,16-18H,8-15H2,1-2H3,(H,29,30). The maximum absolute atomic E-state index is 13.1. The Morgan fingerprint density at radius 2 is 1.64 bits per heavy atom. The third kappa shape index (κ3) is 5.13. The molecule has 2 aromatic rings. The number of hydrogen-bond acceptors (Lipinski definition) is 6. The van der Waals surface area contributed by atoms with E-state index in [0.717, 1.165) is 43.1 Å². The summed E-state index contributed by atoms with van der Waals surface area (Å²) in [7, 11) is -3.70. The maximum Gasteiger partial charge on any atom is 0.407 e. The summed E-state index contributed by atoms with van der Waals surface area (Å²) in [5.74, 6) is 0.933. The van der Waals surface area contributed by atoms with Crippen molar-refractivity contribution in [2.45, 2.75) is 24.8 Å². The van der Waals surface area contributed by atoms with Crippen molar-refractivity contribution >= 4 is 21.9 Å². The molecule has 2 fully saturated rings. The molecule has 0 atom stereocenters. The first-order valence-corrected chi connectivity index (χ1v) is 12.7. The minimum Gasteiger partial charge on any atom is -0.465 e. The Labute approximate surface area is 195 Å². The second-order valence-corrected chi connectivity index (χ2v) is 10.7. The van der Waals surface area contributed by atoms with Crippen LogP contribution in [0.4, 0.5) is 10.6 Å². The van der Waals surface area contributed by atoms with Gasteiger partial charge in [0, 0.05) is 70.2 Å². The number of hydrogen-bond donors (Lipinski definition) is 1. The van der Waals surface area contributed by atoms with Crippen molar-refractivity contribution in [3.8, 4) is 11.1 Å². The van der Waals surface area contributed by atoms with Gasteiger partial charge in [0.1, 0.15) is 5.82 Å². The van der Waals surface area contributed by atoms with Crippen LogP contribution in [0, 0.1) is 0 Å². The van der Waals surface area contributed by atoms with Crippen LogP contribution < -0.4 is 4.90 Å². The molecule has 2 aliphatic rings. The molecule has 2 aliphatic heterocycles. The number of pyridine rings is 1. The van der Waals surface area contributed by atoms with E-state index < -0.39 is 16.1 Å². The van der Waals surface area contributed by atoms with E-state index in [1.54, 1.807) is 24.4 Å². The zero-order valence-corrected chi connectivity index (χ0v) is 19.9. The third-order valence-electron chi connectivity index (χ3n) is 6.43. The second-order valence-electron chi connectivity index (χ2n) is 8.72. The molecule has 0 bridgehead atoms. The van der Waals surface area contributed by atoms with Gasteiger partial charge in [-0.1, -0.05) is 12.1 Å². The summed E-state index contributed by atoms with van der Waals surface area (Å²) in [4.78, 5) is 21.9. The van der Waals surface area contributed by atoms with Crippen molar-refractivity contribution in [3.05, 3.63) is 42.6 Å². The fourth-order valence-corrected chi connectivity index (χ4v) is 5.78. The molecule has 2 saturated heterocycles. The Kier molecular flexibility index (Phi) is 6.87. The Bertz CT molecular complexity index is 1070. The Morgan fingerprint density at radius 1 is 0.939 bits per heavy atom. The number of rotatable bonds is 5. The highest BCUT2D eigenvalue weighted by Gasteiger charge is 2.30. The Hall–Kier alpha value is -2.69. The Balaban J connectivity index is 1.46. The molecule has 4 rings (SSSR count). The number of sulfonamides is 1. The Morgan fingerprint density at radius 3 is 2.21 bits per heavy atom. The van der Waals surface area contributed by atoms with Gasteiger partial charge in [-0.3, -0.25) is 4.90 Å². The molecule has 0 spiro atoms. The number of amides is 1. The monoisotopic (exact) mass is 473 g/mol. The lowest BCUT2D eigenvalue weighted by Gasteiger charge is -2.37. The summed E-state index contributed by atoms with van der Waals surface area (Å²) in [5.41, 5.74) is 1.64. The van der Waals surface area contributed by atoms with Crippen LogP contribution in [0.5, 0.6) is 0 Å². The van der Waals surface area contributed by atoms with Gasteiger partial charge in [-0.2, -0.15) is 4.31 Å². The van der Waals surface area contributed by atoms with E-state index in [2.05, 4.69) is 28.6 Å². The van der Waals surface area contributed by atoms with Crippen molar-refractivity contribution < 1.29 is 18.3 Å². The van der Waals surface area contributed by atoms with Crippen molar-refractivity contribution in [2.75, 3.05) is 57.3 Å². The van der Waals surface area contributed by atoms with Crippen LogP contribution in [-0.2, 0) is 10.0 Å². The van der Waals surface area contributed by atoms with Gasteiger partial charge in [-0.05, 0) is 43.7 Å². The summed E-state index contributed by atoms with van der Waals surface area (Å²) < 4.78 is 27.6. The maximum atomic E-state index is 13.1. The number of nitrogens with zero attached hydrogens (tertiary/aromatic N) is 5. The summed E-state index contributed by atoms with van der Waals surface area (Å²) >= 11 is 0. The zero-order valence-electron chi connectivity index (χ0n) is 19.1. The highest BCUT2D eigenvalue weighted by Crippen LogP contribution is 2.26. The molecule has 1 aromatic carbocycles. The highest BCUT2D eigenvalue weighted by atomic mass is 32.2. The number of aromatic nitrogens is 1. The van der Waals surface area contributed by atoms with Gasteiger partial charge in [-0.25, -0.2) is 18.2 Å². The summed E-state index contributed by atoms with van der Waals surface area (Å²) in [5, 5.41) is 9.09. The largest absolute Gasteiger partial charge is 0.465 e. The predicted molar refractivity (Wildman–Crippen MR) is 127 cm³/mol. The molecule has 1 N–H and O–H groups in total. The van der Waals surface area contributed by atoms with Crippen LogP contribution in [0.25, 0.3) is 11.1 Å². The second kappa shape index (κ2) is 9.66. The van der Waals surface area contributed by atoms with Crippen LogP contribution in [0.3, 0.4) is 0 Å². The van der Waals surface area contributed by atoms with Crippen LogP contribution in [0.15, 0.2) is 47.5 Å². The molecule has 1 aromatic heterocycles. The number of carboxylic acid groups (broad SMARTS) is 1. The molecule has 0 radical (unpaired) electrons. The number of carbonyl (C=O) groups is 1. The molecule has 0 unspecified atom stereocenters. The van der Waals surface area contributed by atoms with Gasteiger partial charge in [-0.15, -0.1) is 0 Å². The fraction of sp³-hybridized carbons (Fsp3) is 0.478. The minimum atomic E-state index is -3.70. The molecule has 178 valence electrons. The molecule has 3 heterocycles. The quantitative estimate of drug-likeness (QED) is 0.711. The average Bonchev–Trinajstić information content (AvgIpc) is 2.84. The normalized spacial score (nSPS) is 18.6.